The molecule has 0 saturated carbocycles. The maximum Gasteiger partial charge on any atom is 0.253 e. The van der Waals surface area contributed by atoms with Crippen LogP contribution in [0.15, 0.2) is 54.7 Å². The van der Waals surface area contributed by atoms with E-state index in [9.17, 15) is 4.79 Å². The highest BCUT2D eigenvalue weighted by molar-refractivity contribution is 6.31. The number of anilines is 1. The van der Waals surface area contributed by atoms with Crippen LogP contribution in [0.2, 0.25) is 5.02 Å². The Morgan fingerprint density at radius 2 is 1.82 bits per heavy atom. The predicted molar refractivity (Wildman–Crippen MR) is 112 cm³/mol. The Bertz CT molecular complexity index is 983. The fourth-order valence-corrected chi connectivity index (χ4v) is 3.74. The van der Waals surface area contributed by atoms with Gasteiger partial charge in [-0.25, -0.2) is 0 Å². The zero-order chi connectivity index (χ0) is 19.5. The highest BCUT2D eigenvalue weighted by Gasteiger charge is 2.23. The van der Waals surface area contributed by atoms with Crippen molar-refractivity contribution in [3.63, 3.8) is 0 Å². The van der Waals surface area contributed by atoms with Crippen LogP contribution in [0.5, 0.6) is 5.75 Å². The second-order valence-electron chi connectivity index (χ2n) is 6.73. The number of carbonyl (C=O) groups is 1. The summed E-state index contributed by atoms with van der Waals surface area (Å²) in [4.78, 5) is 21.4. The van der Waals surface area contributed by atoms with Crippen molar-refractivity contribution < 1.29 is 9.53 Å². The number of pyridine rings is 1. The maximum atomic E-state index is 12.8. The first-order valence-corrected chi connectivity index (χ1v) is 9.85. The van der Waals surface area contributed by atoms with E-state index < -0.39 is 0 Å². The van der Waals surface area contributed by atoms with Crippen molar-refractivity contribution in [3.05, 3.63) is 65.3 Å². The van der Waals surface area contributed by atoms with Crippen molar-refractivity contribution >= 4 is 34.1 Å². The lowest BCUT2D eigenvalue weighted by Gasteiger charge is -2.36. The minimum atomic E-state index is 0.0640. The molecule has 0 N–H and O–H groups in total. The number of fused-ring (bicyclic) bond motifs is 1. The number of aromatic nitrogens is 1. The summed E-state index contributed by atoms with van der Waals surface area (Å²) in [6, 6.07) is 15.2. The van der Waals surface area contributed by atoms with Gasteiger partial charge >= 0.3 is 0 Å². The van der Waals surface area contributed by atoms with Crippen LogP contribution in [0, 0.1) is 0 Å². The van der Waals surface area contributed by atoms with Crippen LogP contribution in [0.3, 0.4) is 0 Å². The first-order chi connectivity index (χ1) is 13.7. The molecule has 1 aliphatic heterocycles. The van der Waals surface area contributed by atoms with E-state index in [2.05, 4.69) is 9.88 Å². The normalized spacial score (nSPS) is 14.4. The Morgan fingerprint density at radius 3 is 2.54 bits per heavy atom. The van der Waals surface area contributed by atoms with Crippen molar-refractivity contribution in [1.82, 2.24) is 9.88 Å². The second-order valence-corrected chi connectivity index (χ2v) is 7.16. The molecule has 0 radical (unpaired) electrons. The molecule has 2 aromatic carbocycles. The fourth-order valence-electron chi connectivity index (χ4n) is 3.58. The summed E-state index contributed by atoms with van der Waals surface area (Å²) in [7, 11) is 0. The summed E-state index contributed by atoms with van der Waals surface area (Å²) in [5.74, 6) is 0.850. The van der Waals surface area contributed by atoms with Crippen LogP contribution in [-0.4, -0.2) is 48.6 Å². The molecule has 0 atom stereocenters. The van der Waals surface area contributed by atoms with Gasteiger partial charge in [0.15, 0.2) is 0 Å². The molecule has 5 nitrogen and oxygen atoms in total. The smallest absolute Gasteiger partial charge is 0.253 e. The number of nitrogens with zero attached hydrogens (tertiary/aromatic N) is 3. The monoisotopic (exact) mass is 395 g/mol. The molecule has 0 spiro atoms. The lowest BCUT2D eigenvalue weighted by Crippen LogP contribution is -2.48. The molecule has 2 heterocycles. The van der Waals surface area contributed by atoms with Crippen molar-refractivity contribution in [3.8, 4) is 5.75 Å². The van der Waals surface area contributed by atoms with Gasteiger partial charge in [0.05, 0.1) is 12.1 Å². The van der Waals surface area contributed by atoms with E-state index in [-0.39, 0.29) is 5.91 Å². The fraction of sp³-hybridized carbons (Fsp3) is 0.273. The van der Waals surface area contributed by atoms with Gasteiger partial charge in [-0.15, -0.1) is 0 Å². The second kappa shape index (κ2) is 8.07. The van der Waals surface area contributed by atoms with E-state index in [4.69, 9.17) is 16.3 Å². The molecule has 0 bridgehead atoms. The van der Waals surface area contributed by atoms with Crippen molar-refractivity contribution in [2.45, 2.75) is 6.92 Å². The van der Waals surface area contributed by atoms with Crippen LogP contribution in [0.4, 0.5) is 5.69 Å². The minimum Gasteiger partial charge on any atom is -0.494 e. The Labute approximate surface area is 169 Å². The maximum absolute atomic E-state index is 12.8. The van der Waals surface area contributed by atoms with Gasteiger partial charge in [0, 0.05) is 54.0 Å². The van der Waals surface area contributed by atoms with Gasteiger partial charge < -0.3 is 14.5 Å². The van der Waals surface area contributed by atoms with E-state index in [1.807, 2.05) is 66.6 Å². The molecule has 3 aromatic rings. The highest BCUT2D eigenvalue weighted by Crippen LogP contribution is 2.28. The van der Waals surface area contributed by atoms with E-state index >= 15 is 0 Å². The van der Waals surface area contributed by atoms with E-state index in [0.717, 1.165) is 35.4 Å². The molecular formula is C22H22ClN3O2. The molecule has 1 aromatic heterocycles. The van der Waals surface area contributed by atoms with Crippen LogP contribution in [-0.2, 0) is 0 Å². The zero-order valence-corrected chi connectivity index (χ0v) is 16.5. The number of ether oxygens (including phenoxy) is 1. The number of hydrogen-bond donors (Lipinski definition) is 0. The summed E-state index contributed by atoms with van der Waals surface area (Å²) in [6.07, 6.45) is 1.81. The molecule has 6 heteroatoms. The van der Waals surface area contributed by atoms with Crippen molar-refractivity contribution in [2.75, 3.05) is 37.7 Å². The summed E-state index contributed by atoms with van der Waals surface area (Å²) in [5, 5.41) is 1.76. The molecule has 1 saturated heterocycles. The van der Waals surface area contributed by atoms with Gasteiger partial charge in [-0.1, -0.05) is 11.6 Å². The van der Waals surface area contributed by atoms with Crippen molar-refractivity contribution in [2.24, 2.45) is 0 Å². The quantitative estimate of drug-likeness (QED) is 0.662. The third-order valence-electron chi connectivity index (χ3n) is 5.00. The number of piperazine rings is 1. The average molecular weight is 396 g/mol. The van der Waals surface area contributed by atoms with Crippen LogP contribution >= 0.6 is 11.6 Å². The summed E-state index contributed by atoms with van der Waals surface area (Å²) < 4.78 is 5.45. The van der Waals surface area contributed by atoms with Crippen molar-refractivity contribution in [1.29, 1.82) is 0 Å². The first-order valence-electron chi connectivity index (χ1n) is 9.47. The zero-order valence-electron chi connectivity index (χ0n) is 15.8. The van der Waals surface area contributed by atoms with Crippen LogP contribution in [0.25, 0.3) is 10.9 Å². The van der Waals surface area contributed by atoms with E-state index in [0.29, 0.717) is 30.3 Å². The van der Waals surface area contributed by atoms with Gasteiger partial charge in [0.1, 0.15) is 5.75 Å². The first kappa shape index (κ1) is 18.6. The SMILES string of the molecule is CCOc1ccc(C(=O)N2CCN(c3ccnc4cc(Cl)ccc34)CC2)cc1. The van der Waals surface area contributed by atoms with E-state index in [1.165, 1.54) is 0 Å². The van der Waals surface area contributed by atoms with Crippen LogP contribution in [0.1, 0.15) is 17.3 Å². The molecule has 144 valence electrons. The third kappa shape index (κ3) is 3.76. The largest absolute Gasteiger partial charge is 0.494 e. The Morgan fingerprint density at radius 1 is 1.07 bits per heavy atom. The number of hydrogen-bond acceptors (Lipinski definition) is 4. The summed E-state index contributed by atoms with van der Waals surface area (Å²) in [5.41, 5.74) is 2.72. The number of benzene rings is 2. The molecule has 28 heavy (non-hydrogen) atoms. The Hall–Kier alpha value is -2.79. The summed E-state index contributed by atoms with van der Waals surface area (Å²) >= 11 is 6.09. The van der Waals surface area contributed by atoms with Crippen LogP contribution < -0.4 is 9.64 Å². The predicted octanol–water partition coefficient (Wildman–Crippen LogP) is 4.25. The molecule has 0 aliphatic carbocycles. The topological polar surface area (TPSA) is 45.7 Å². The number of carbonyl (C=O) groups excluding carboxylic acids is 1. The molecule has 1 aliphatic rings. The average Bonchev–Trinajstić information content (AvgIpc) is 2.73. The number of halogens is 1. The number of rotatable bonds is 4. The van der Waals surface area contributed by atoms with Gasteiger partial charge in [-0.2, -0.15) is 0 Å². The standard InChI is InChI=1S/C22H22ClN3O2/c1-2-28-18-6-3-16(4-7-18)22(27)26-13-11-25(12-14-26)21-9-10-24-20-15-17(23)5-8-19(20)21/h3-10,15H,2,11-14H2,1H3. The summed E-state index contributed by atoms with van der Waals surface area (Å²) in [6.45, 7) is 5.49. The highest BCUT2D eigenvalue weighted by atomic mass is 35.5. The molecule has 4 rings (SSSR count). The van der Waals surface area contributed by atoms with E-state index in [1.54, 1.807) is 0 Å². The van der Waals surface area contributed by atoms with Gasteiger partial charge in [-0.3, -0.25) is 9.78 Å². The molecule has 1 fully saturated rings. The number of amides is 1. The third-order valence-corrected chi connectivity index (χ3v) is 5.24. The minimum absolute atomic E-state index is 0.0640. The lowest BCUT2D eigenvalue weighted by atomic mass is 10.1. The molecular weight excluding hydrogens is 374 g/mol. The molecule has 0 unspecified atom stereocenters. The van der Waals surface area contributed by atoms with Gasteiger partial charge in [0.2, 0.25) is 0 Å². The van der Waals surface area contributed by atoms with Gasteiger partial charge in [0.25, 0.3) is 5.91 Å². The Kier molecular flexibility index (Phi) is 5.35. The van der Waals surface area contributed by atoms with Gasteiger partial charge in [-0.05, 0) is 55.5 Å². The lowest BCUT2D eigenvalue weighted by molar-refractivity contribution is 0.0747. The Balaban J connectivity index is 1.45. The molecule has 1 amide bonds.